The molecule has 6 nitrogen and oxygen atoms in total. The number of rotatable bonds is 6. The van der Waals surface area contributed by atoms with Crippen LogP contribution in [-0.2, 0) is 29.5 Å². The lowest BCUT2D eigenvalue weighted by atomic mass is 9.94. The second-order valence-corrected chi connectivity index (χ2v) is 8.88. The van der Waals surface area contributed by atoms with Crippen molar-refractivity contribution >= 4 is 15.9 Å². The summed E-state index contributed by atoms with van der Waals surface area (Å²) in [4.78, 5) is 18.7. The zero-order chi connectivity index (χ0) is 20.3. The number of aromatic nitrogens is 1. The van der Waals surface area contributed by atoms with Crippen molar-refractivity contribution < 1.29 is 17.6 Å². The Balaban J connectivity index is 1.80. The van der Waals surface area contributed by atoms with Crippen LogP contribution in [0.3, 0.4) is 0 Å². The minimum absolute atomic E-state index is 0.0877. The Morgan fingerprint density at radius 2 is 2.14 bits per heavy atom. The number of carbonyl (C=O) groups excluding carboxylic acids is 1. The average Bonchev–Trinajstić information content (AvgIpc) is 2.66. The molecule has 1 N–H and O–H groups in total. The number of nitrogens with one attached hydrogen (secondary N) is 1. The predicted molar refractivity (Wildman–Crippen MR) is 105 cm³/mol. The van der Waals surface area contributed by atoms with Crippen LogP contribution in [0.1, 0.15) is 46.1 Å². The van der Waals surface area contributed by atoms with Gasteiger partial charge in [-0.3, -0.25) is 9.78 Å². The summed E-state index contributed by atoms with van der Waals surface area (Å²) in [5, 5.41) is 0. The van der Waals surface area contributed by atoms with Crippen molar-refractivity contribution in [2.24, 2.45) is 0 Å². The third-order valence-corrected chi connectivity index (χ3v) is 6.43. The van der Waals surface area contributed by atoms with E-state index in [1.165, 1.54) is 18.2 Å². The number of carbonyl (C=O) groups is 1. The van der Waals surface area contributed by atoms with Crippen LogP contribution in [0.15, 0.2) is 30.5 Å². The number of aryl methyl sites for hydroxylation is 1. The fraction of sp³-hybridized carbons (Fsp3) is 0.400. The molecule has 8 heteroatoms. The molecule has 2 heterocycles. The molecular weight excluding hydrogens is 381 g/mol. The Kier molecular flexibility index (Phi) is 6.10. The molecule has 0 fully saturated rings. The molecule has 0 unspecified atom stereocenters. The number of hydrogen-bond acceptors (Lipinski definition) is 4. The zero-order valence-corrected chi connectivity index (χ0v) is 16.9. The fourth-order valence-electron chi connectivity index (χ4n) is 3.46. The maximum absolute atomic E-state index is 13.4. The number of amides is 1. The molecule has 1 aromatic heterocycles. The van der Waals surface area contributed by atoms with Crippen LogP contribution in [0.5, 0.6) is 0 Å². The van der Waals surface area contributed by atoms with Gasteiger partial charge in [0.25, 0.3) is 5.91 Å². The third kappa shape index (κ3) is 4.56. The molecule has 0 radical (unpaired) electrons. The minimum atomic E-state index is -3.32. The van der Waals surface area contributed by atoms with Crippen LogP contribution in [0.4, 0.5) is 4.39 Å². The van der Waals surface area contributed by atoms with Crippen molar-refractivity contribution in [3.63, 3.8) is 0 Å². The van der Waals surface area contributed by atoms with Gasteiger partial charge in [0.1, 0.15) is 5.82 Å². The molecule has 1 aromatic carbocycles. The largest absolute Gasteiger partial charge is 0.334 e. The highest BCUT2D eigenvalue weighted by Crippen LogP contribution is 2.25. The van der Waals surface area contributed by atoms with Crippen molar-refractivity contribution in [1.82, 2.24) is 14.6 Å². The predicted octanol–water partition coefficient (Wildman–Crippen LogP) is 2.56. The number of benzene rings is 1. The smallest absolute Gasteiger partial charge is 0.254 e. The lowest BCUT2D eigenvalue weighted by Gasteiger charge is -2.30. The molecule has 1 aliphatic heterocycles. The summed E-state index contributed by atoms with van der Waals surface area (Å²) < 4.78 is 40.1. The van der Waals surface area contributed by atoms with Crippen molar-refractivity contribution in [2.45, 2.75) is 39.8 Å². The normalized spacial score (nSPS) is 14.0. The molecule has 0 atom stereocenters. The maximum Gasteiger partial charge on any atom is 0.254 e. The summed E-state index contributed by atoms with van der Waals surface area (Å²) in [6, 6.07) is 5.66. The van der Waals surface area contributed by atoms with E-state index in [2.05, 4.69) is 9.71 Å². The van der Waals surface area contributed by atoms with E-state index in [9.17, 15) is 17.6 Å². The van der Waals surface area contributed by atoms with Gasteiger partial charge in [-0.25, -0.2) is 17.5 Å². The monoisotopic (exact) mass is 405 g/mol. The van der Waals surface area contributed by atoms with Crippen LogP contribution in [-0.4, -0.2) is 36.5 Å². The first-order valence-electron chi connectivity index (χ1n) is 9.29. The van der Waals surface area contributed by atoms with Crippen LogP contribution in [0.2, 0.25) is 0 Å². The number of nitrogens with zero attached hydrogens (tertiary/aromatic N) is 2. The number of sulfonamides is 1. The quantitative estimate of drug-likeness (QED) is 0.801. The zero-order valence-electron chi connectivity index (χ0n) is 16.0. The molecule has 0 saturated carbocycles. The molecule has 28 heavy (non-hydrogen) atoms. The molecule has 0 saturated heterocycles. The van der Waals surface area contributed by atoms with E-state index in [4.69, 9.17) is 0 Å². The molecule has 0 bridgehead atoms. The van der Waals surface area contributed by atoms with Gasteiger partial charge >= 0.3 is 0 Å². The van der Waals surface area contributed by atoms with Crippen molar-refractivity contribution in [2.75, 3.05) is 12.3 Å². The van der Waals surface area contributed by atoms with E-state index in [1.807, 2.05) is 13.8 Å². The first-order chi connectivity index (χ1) is 13.3. The third-order valence-electron chi connectivity index (χ3n) is 4.90. The lowest BCUT2D eigenvalue weighted by Crippen LogP contribution is -2.37. The van der Waals surface area contributed by atoms with Crippen LogP contribution < -0.4 is 4.72 Å². The second-order valence-electron chi connectivity index (χ2n) is 6.95. The van der Waals surface area contributed by atoms with E-state index in [1.54, 1.807) is 17.2 Å². The molecule has 0 spiro atoms. The summed E-state index contributed by atoms with van der Waals surface area (Å²) >= 11 is 0. The Morgan fingerprint density at radius 3 is 2.86 bits per heavy atom. The minimum Gasteiger partial charge on any atom is -0.334 e. The standard InChI is InChI=1S/C20H24FN3O3S/c1-3-9-28(26,27)23-12-19-14(2)22-11-16-13-24(8-7-18(16)19)20(25)15-5-4-6-17(21)10-15/h4-6,10-11,23H,3,7-9,12-13H2,1-2H3. The van der Waals surface area contributed by atoms with E-state index in [0.29, 0.717) is 31.5 Å². The molecule has 1 aliphatic rings. The van der Waals surface area contributed by atoms with Crippen molar-refractivity contribution in [1.29, 1.82) is 0 Å². The van der Waals surface area contributed by atoms with Gasteiger partial charge in [0.15, 0.2) is 0 Å². The summed E-state index contributed by atoms with van der Waals surface area (Å²) in [5.74, 6) is -0.581. The van der Waals surface area contributed by atoms with Crippen molar-refractivity contribution in [3.8, 4) is 0 Å². The fourth-order valence-corrected chi connectivity index (χ4v) is 4.50. The summed E-state index contributed by atoms with van der Waals surface area (Å²) in [6.45, 7) is 4.73. The summed E-state index contributed by atoms with van der Waals surface area (Å²) in [6.07, 6.45) is 2.89. The molecule has 150 valence electrons. The van der Waals surface area contributed by atoms with Gasteiger partial charge in [0.05, 0.1) is 5.75 Å². The highest BCUT2D eigenvalue weighted by molar-refractivity contribution is 7.89. The summed E-state index contributed by atoms with van der Waals surface area (Å²) in [5.41, 5.74) is 3.90. The highest BCUT2D eigenvalue weighted by Gasteiger charge is 2.25. The second kappa shape index (κ2) is 8.36. The Morgan fingerprint density at radius 1 is 1.36 bits per heavy atom. The Hall–Kier alpha value is -2.32. The molecule has 0 aliphatic carbocycles. The lowest BCUT2D eigenvalue weighted by molar-refractivity contribution is 0.0733. The first-order valence-corrected chi connectivity index (χ1v) is 10.9. The molecule has 1 amide bonds. The highest BCUT2D eigenvalue weighted by atomic mass is 32.2. The van der Waals surface area contributed by atoms with Crippen LogP contribution >= 0.6 is 0 Å². The number of halogens is 1. The molecule has 2 aromatic rings. The molecule has 3 rings (SSSR count). The van der Waals surface area contributed by atoms with Gasteiger partial charge in [0, 0.05) is 37.1 Å². The SMILES string of the molecule is CCCS(=O)(=O)NCc1c(C)ncc2c1CCN(C(=O)c1cccc(F)c1)C2. The van der Waals surface area contributed by atoms with E-state index < -0.39 is 15.8 Å². The van der Waals surface area contributed by atoms with Gasteiger partial charge in [-0.05, 0) is 54.7 Å². The molecular formula is C20H24FN3O3S. The number of fused-ring (bicyclic) bond motifs is 1. The first kappa shape index (κ1) is 20.4. The summed E-state index contributed by atoms with van der Waals surface area (Å²) in [7, 11) is -3.32. The van der Waals surface area contributed by atoms with Gasteiger partial charge in [-0.15, -0.1) is 0 Å². The van der Waals surface area contributed by atoms with E-state index >= 15 is 0 Å². The average molecular weight is 405 g/mol. The number of pyridine rings is 1. The number of hydrogen-bond donors (Lipinski definition) is 1. The van der Waals surface area contributed by atoms with Gasteiger partial charge in [-0.1, -0.05) is 13.0 Å². The van der Waals surface area contributed by atoms with Crippen LogP contribution in [0, 0.1) is 12.7 Å². The van der Waals surface area contributed by atoms with Crippen molar-refractivity contribution in [3.05, 3.63) is 64.2 Å². The Labute approximate surface area is 164 Å². The van der Waals surface area contributed by atoms with E-state index in [-0.39, 0.29) is 18.2 Å². The maximum atomic E-state index is 13.4. The Bertz CT molecular complexity index is 992. The van der Waals surface area contributed by atoms with Gasteiger partial charge in [-0.2, -0.15) is 0 Å². The van der Waals surface area contributed by atoms with Gasteiger partial charge in [0.2, 0.25) is 10.0 Å². The van der Waals surface area contributed by atoms with Gasteiger partial charge < -0.3 is 4.90 Å². The van der Waals surface area contributed by atoms with E-state index in [0.717, 1.165) is 22.4 Å². The van der Waals surface area contributed by atoms with Crippen LogP contribution in [0.25, 0.3) is 0 Å². The topological polar surface area (TPSA) is 79.4 Å².